The number of hydrazine groups is 1. The molecule has 9 nitrogen and oxygen atoms in total. The monoisotopic (exact) mass is 639 g/mol. The molecule has 0 bridgehead atoms. The number of imidazole rings is 1. The molecule has 1 aliphatic heterocycles. The molecule has 46 heavy (non-hydrogen) atoms. The molecule has 4 aromatic carbocycles. The van der Waals surface area contributed by atoms with Crippen molar-refractivity contribution in [1.82, 2.24) is 14.6 Å². The van der Waals surface area contributed by atoms with E-state index in [-0.39, 0.29) is 16.7 Å². The van der Waals surface area contributed by atoms with Crippen LogP contribution in [0.1, 0.15) is 47.1 Å². The van der Waals surface area contributed by atoms with Crippen molar-refractivity contribution >= 4 is 28.6 Å². The first kappa shape index (κ1) is 29.6. The fourth-order valence-electron chi connectivity index (χ4n) is 6.11. The molecular formula is C35H31ClFN5O4. The van der Waals surface area contributed by atoms with E-state index in [1.54, 1.807) is 54.5 Å². The molecule has 11 heteroatoms. The molecule has 0 spiro atoms. The molecule has 7 rings (SSSR count). The average Bonchev–Trinajstić information content (AvgIpc) is 3.63. The van der Waals surface area contributed by atoms with Gasteiger partial charge < -0.3 is 29.9 Å². The zero-order chi connectivity index (χ0) is 32.2. The molecule has 1 unspecified atom stereocenters. The Balaban J connectivity index is 1.19. The van der Waals surface area contributed by atoms with E-state index in [2.05, 4.69) is 4.57 Å². The van der Waals surface area contributed by atoms with Crippen LogP contribution in [0.5, 0.6) is 11.5 Å². The average molecular weight is 640 g/mol. The van der Waals surface area contributed by atoms with E-state index in [0.717, 1.165) is 40.9 Å². The third kappa shape index (κ3) is 5.19. The molecule has 1 saturated carbocycles. The van der Waals surface area contributed by atoms with Gasteiger partial charge in [-0.3, -0.25) is 0 Å². The summed E-state index contributed by atoms with van der Waals surface area (Å²) in [6.45, 7) is 2.21. The van der Waals surface area contributed by atoms with Gasteiger partial charge >= 0.3 is 5.97 Å². The molecule has 1 aromatic heterocycles. The minimum Gasteiger partial charge on any atom is -0.478 e. The maximum atomic E-state index is 14.8. The van der Waals surface area contributed by atoms with Gasteiger partial charge in [0.05, 0.1) is 27.7 Å². The lowest BCUT2D eigenvalue weighted by Gasteiger charge is -2.27. The Morgan fingerprint density at radius 3 is 2.59 bits per heavy atom. The van der Waals surface area contributed by atoms with Crippen molar-refractivity contribution in [3.63, 3.8) is 0 Å². The second-order valence-electron chi connectivity index (χ2n) is 11.9. The predicted octanol–water partition coefficient (Wildman–Crippen LogP) is 6.57. The summed E-state index contributed by atoms with van der Waals surface area (Å²) >= 11 is 5.97. The van der Waals surface area contributed by atoms with E-state index in [0.29, 0.717) is 35.0 Å². The summed E-state index contributed by atoms with van der Waals surface area (Å²) in [4.78, 5) is 16.7. The van der Waals surface area contributed by atoms with Gasteiger partial charge in [-0.2, -0.15) is 0 Å². The van der Waals surface area contributed by atoms with Gasteiger partial charge in [0.1, 0.15) is 11.6 Å². The van der Waals surface area contributed by atoms with E-state index < -0.39 is 17.6 Å². The highest BCUT2D eigenvalue weighted by atomic mass is 35.5. The number of carboxylic acid groups (broad SMARTS) is 1. The number of carbonyl (C=O) groups is 1. The quantitative estimate of drug-likeness (QED) is 0.122. The molecule has 1 aliphatic carbocycles. The number of hydrogen-bond donors (Lipinski definition) is 3. The third-order valence-corrected chi connectivity index (χ3v) is 9.01. The molecule has 234 valence electrons. The number of nitrogens with two attached hydrogens (primary N) is 2. The molecule has 2 aliphatic rings. The summed E-state index contributed by atoms with van der Waals surface area (Å²) in [7, 11) is 0. The number of fused-ring (bicyclic) bond motifs is 2. The van der Waals surface area contributed by atoms with Crippen LogP contribution in [0.2, 0.25) is 5.02 Å². The first-order valence-electron chi connectivity index (χ1n) is 14.8. The van der Waals surface area contributed by atoms with Gasteiger partial charge in [-0.15, -0.1) is 0 Å². The fourth-order valence-corrected chi connectivity index (χ4v) is 6.27. The minimum absolute atomic E-state index is 0.192. The Morgan fingerprint density at radius 1 is 1.11 bits per heavy atom. The van der Waals surface area contributed by atoms with Crippen LogP contribution in [0.4, 0.5) is 4.39 Å². The minimum atomic E-state index is -1.36. The number of aromatic carboxylic acids is 1. The van der Waals surface area contributed by atoms with Crippen LogP contribution >= 0.6 is 11.6 Å². The number of ether oxygens (including phenoxy) is 2. The maximum Gasteiger partial charge on any atom is 0.335 e. The summed E-state index contributed by atoms with van der Waals surface area (Å²) in [5.41, 5.74) is 9.88. The molecule has 5 aromatic rings. The van der Waals surface area contributed by atoms with Gasteiger partial charge in [-0.25, -0.2) is 20.0 Å². The second kappa shape index (κ2) is 11.1. The fraction of sp³-hybridized carbons (Fsp3) is 0.200. The summed E-state index contributed by atoms with van der Waals surface area (Å²) in [5.74, 6) is 5.30. The standard InChI is InChI=1S/C35H31ClFN5O4/c1-34(26-11-10-24(36)19-27(26)37)45-30-4-2-3-25(32(30)46-34)22-7-5-21(6-8-22)17-31-40-28-12-9-23(33(43)44)18-29(28)41(31)20-35(13-14-35)42(39)16-15-38/h2-12,15-16,18-19H,13-14,17,20,38-39H2,1H3,(H,43,44)/b16-15-. The molecule has 1 atom stereocenters. The van der Waals surface area contributed by atoms with Crippen molar-refractivity contribution in [3.05, 3.63) is 125 Å². The molecular weight excluding hydrogens is 609 g/mol. The molecule has 2 heterocycles. The number of aromatic nitrogens is 2. The molecule has 0 saturated heterocycles. The van der Waals surface area contributed by atoms with Crippen molar-refractivity contribution in [2.24, 2.45) is 11.6 Å². The Morgan fingerprint density at radius 2 is 1.89 bits per heavy atom. The summed E-state index contributed by atoms with van der Waals surface area (Å²) in [6, 6.07) is 23.0. The van der Waals surface area contributed by atoms with Gasteiger partial charge in [0.15, 0.2) is 11.5 Å². The van der Waals surface area contributed by atoms with E-state index in [9.17, 15) is 14.3 Å². The topological polar surface area (TPSA) is 129 Å². The van der Waals surface area contributed by atoms with Gasteiger partial charge in [-0.1, -0.05) is 48.0 Å². The zero-order valence-electron chi connectivity index (χ0n) is 24.9. The van der Waals surface area contributed by atoms with E-state index in [1.165, 1.54) is 12.3 Å². The van der Waals surface area contributed by atoms with Crippen molar-refractivity contribution in [1.29, 1.82) is 0 Å². The van der Waals surface area contributed by atoms with Gasteiger partial charge in [0.2, 0.25) is 0 Å². The van der Waals surface area contributed by atoms with Crippen molar-refractivity contribution in [2.45, 2.75) is 44.1 Å². The first-order valence-corrected chi connectivity index (χ1v) is 15.2. The van der Waals surface area contributed by atoms with Gasteiger partial charge in [0.25, 0.3) is 5.79 Å². The SMILES string of the molecule is CC1(c2ccc(Cl)cc2F)Oc2cccc(-c3ccc(Cc4nc5ccc(C(=O)O)cc5n4CC4(N(N)/C=C\N)CC4)cc3)c2O1. The summed E-state index contributed by atoms with van der Waals surface area (Å²) < 4.78 is 29.3. The van der Waals surface area contributed by atoms with Crippen LogP contribution in [-0.4, -0.2) is 31.2 Å². The van der Waals surface area contributed by atoms with Crippen molar-refractivity contribution < 1.29 is 23.8 Å². The smallest absolute Gasteiger partial charge is 0.335 e. The highest BCUT2D eigenvalue weighted by Crippen LogP contribution is 2.49. The lowest BCUT2D eigenvalue weighted by Crippen LogP contribution is -2.42. The lowest BCUT2D eigenvalue weighted by atomic mass is 10.0. The van der Waals surface area contributed by atoms with Crippen LogP contribution < -0.4 is 21.1 Å². The van der Waals surface area contributed by atoms with Gasteiger partial charge in [-0.05, 0) is 66.4 Å². The van der Waals surface area contributed by atoms with E-state index >= 15 is 0 Å². The number of hydrogen-bond acceptors (Lipinski definition) is 7. The Bertz CT molecular complexity index is 2020. The van der Waals surface area contributed by atoms with Crippen molar-refractivity contribution in [3.8, 4) is 22.6 Å². The highest BCUT2D eigenvalue weighted by molar-refractivity contribution is 6.30. The zero-order valence-corrected chi connectivity index (χ0v) is 25.7. The third-order valence-electron chi connectivity index (χ3n) is 8.78. The number of carboxylic acids is 1. The lowest BCUT2D eigenvalue weighted by molar-refractivity contribution is -0.0705. The molecule has 5 N–H and O–H groups in total. The normalized spacial score (nSPS) is 17.9. The number of para-hydroxylation sites is 1. The Labute approximate surface area is 269 Å². The maximum absolute atomic E-state index is 14.8. The summed E-state index contributed by atoms with van der Waals surface area (Å²) in [5, 5.41) is 11.6. The number of rotatable bonds is 9. The van der Waals surface area contributed by atoms with E-state index in [4.69, 9.17) is 37.6 Å². The predicted molar refractivity (Wildman–Crippen MR) is 173 cm³/mol. The van der Waals surface area contributed by atoms with Gasteiger partial charge in [0, 0.05) is 42.9 Å². The molecule has 1 fully saturated rings. The number of benzene rings is 4. The second-order valence-corrected chi connectivity index (χ2v) is 12.3. The highest BCUT2D eigenvalue weighted by Gasteiger charge is 2.47. The Kier molecular flexibility index (Phi) is 7.14. The largest absolute Gasteiger partial charge is 0.478 e. The molecule has 0 radical (unpaired) electrons. The van der Waals surface area contributed by atoms with Crippen molar-refractivity contribution in [2.75, 3.05) is 0 Å². The van der Waals surface area contributed by atoms with Crippen LogP contribution in [0.3, 0.4) is 0 Å². The summed E-state index contributed by atoms with van der Waals surface area (Å²) in [6.07, 6.45) is 5.31. The van der Waals surface area contributed by atoms with Crippen LogP contribution in [0.15, 0.2) is 91.3 Å². The Hall–Kier alpha value is -5.06. The van der Waals surface area contributed by atoms with Crippen LogP contribution in [0.25, 0.3) is 22.2 Å². The van der Waals surface area contributed by atoms with Crippen LogP contribution in [0, 0.1) is 5.82 Å². The van der Waals surface area contributed by atoms with E-state index in [1.807, 2.05) is 36.4 Å². The number of halogens is 2. The molecule has 0 amide bonds. The van der Waals surface area contributed by atoms with Crippen LogP contribution in [-0.2, 0) is 18.8 Å². The number of nitrogens with zero attached hydrogens (tertiary/aromatic N) is 3. The first-order chi connectivity index (χ1) is 22.1.